The van der Waals surface area contributed by atoms with Crippen LogP contribution in [0.2, 0.25) is 0 Å². The molecule has 0 unspecified atom stereocenters. The lowest BCUT2D eigenvalue weighted by Crippen LogP contribution is -2.38. The lowest BCUT2D eigenvalue weighted by Gasteiger charge is -2.32. The van der Waals surface area contributed by atoms with Crippen molar-refractivity contribution in [3.8, 4) is 5.75 Å². The number of benzene rings is 1. The van der Waals surface area contributed by atoms with Gasteiger partial charge in [-0.2, -0.15) is 5.10 Å². The maximum atomic E-state index is 6.09. The first kappa shape index (κ1) is 19.6. The van der Waals surface area contributed by atoms with Gasteiger partial charge >= 0.3 is 0 Å². The van der Waals surface area contributed by atoms with Crippen LogP contribution in [-0.4, -0.2) is 46.5 Å². The molecule has 1 aliphatic heterocycles. The molecular weight excluding hydrogens is 364 g/mol. The summed E-state index contributed by atoms with van der Waals surface area (Å²) in [5, 5.41) is 4.27. The average Bonchev–Trinajstić information content (AvgIpc) is 3.13. The SMILES string of the molecule is COc1ccc(Cc2cc(C)nc([C@H]3CN(Cc4cnn(C)c4)CCO3)c2)cc1. The van der Waals surface area contributed by atoms with Crippen molar-refractivity contribution in [2.75, 3.05) is 26.8 Å². The van der Waals surface area contributed by atoms with E-state index >= 15 is 0 Å². The van der Waals surface area contributed by atoms with Crippen LogP contribution in [0.25, 0.3) is 0 Å². The molecule has 3 heterocycles. The molecule has 0 amide bonds. The summed E-state index contributed by atoms with van der Waals surface area (Å²) in [7, 11) is 3.64. The molecule has 3 aromatic rings. The minimum absolute atomic E-state index is 0.00469. The Morgan fingerprint density at radius 2 is 1.97 bits per heavy atom. The van der Waals surface area contributed by atoms with E-state index in [1.807, 2.05) is 30.1 Å². The highest BCUT2D eigenvalue weighted by Crippen LogP contribution is 2.24. The van der Waals surface area contributed by atoms with Gasteiger partial charge in [0.25, 0.3) is 0 Å². The number of rotatable bonds is 6. The van der Waals surface area contributed by atoms with Crippen molar-refractivity contribution in [1.29, 1.82) is 0 Å². The average molecular weight is 393 g/mol. The first-order valence-electron chi connectivity index (χ1n) is 10.0. The van der Waals surface area contributed by atoms with Crippen LogP contribution in [0.3, 0.4) is 0 Å². The topological polar surface area (TPSA) is 52.4 Å². The molecule has 1 atom stereocenters. The molecule has 4 rings (SSSR count). The molecular formula is C23H28N4O2. The second kappa shape index (κ2) is 8.76. The highest BCUT2D eigenvalue weighted by Gasteiger charge is 2.24. The number of aromatic nitrogens is 3. The predicted octanol–water partition coefficient (Wildman–Crippen LogP) is 3.30. The third-order valence-corrected chi connectivity index (χ3v) is 5.25. The van der Waals surface area contributed by atoms with E-state index in [0.29, 0.717) is 6.61 Å². The zero-order chi connectivity index (χ0) is 20.2. The van der Waals surface area contributed by atoms with E-state index in [-0.39, 0.29) is 6.10 Å². The third kappa shape index (κ3) is 5.02. The van der Waals surface area contributed by atoms with Gasteiger partial charge in [0.05, 0.1) is 25.6 Å². The summed E-state index contributed by atoms with van der Waals surface area (Å²) in [5.74, 6) is 0.879. The monoisotopic (exact) mass is 392 g/mol. The minimum atomic E-state index is -0.00469. The molecule has 6 heteroatoms. The van der Waals surface area contributed by atoms with Crippen LogP contribution in [0.1, 0.15) is 34.2 Å². The van der Waals surface area contributed by atoms with E-state index in [4.69, 9.17) is 14.5 Å². The maximum absolute atomic E-state index is 6.09. The fourth-order valence-electron chi connectivity index (χ4n) is 3.85. The molecule has 1 aromatic carbocycles. The van der Waals surface area contributed by atoms with Crippen molar-refractivity contribution < 1.29 is 9.47 Å². The Morgan fingerprint density at radius 3 is 2.69 bits per heavy atom. The normalized spacial score (nSPS) is 17.4. The number of pyridine rings is 1. The molecule has 0 bridgehead atoms. The molecule has 6 nitrogen and oxygen atoms in total. The largest absolute Gasteiger partial charge is 0.497 e. The fraction of sp³-hybridized carbons (Fsp3) is 0.391. The number of nitrogens with zero attached hydrogens (tertiary/aromatic N) is 4. The predicted molar refractivity (Wildman–Crippen MR) is 112 cm³/mol. The molecule has 152 valence electrons. The lowest BCUT2D eigenvalue weighted by atomic mass is 10.0. The second-order valence-electron chi connectivity index (χ2n) is 7.68. The molecule has 0 aliphatic carbocycles. The zero-order valence-electron chi connectivity index (χ0n) is 17.3. The van der Waals surface area contributed by atoms with Crippen LogP contribution in [0, 0.1) is 6.92 Å². The Hall–Kier alpha value is -2.70. The molecule has 1 fully saturated rings. The van der Waals surface area contributed by atoms with Crippen LogP contribution >= 0.6 is 0 Å². The van der Waals surface area contributed by atoms with E-state index in [9.17, 15) is 0 Å². The van der Waals surface area contributed by atoms with Gasteiger partial charge in [-0.1, -0.05) is 12.1 Å². The van der Waals surface area contributed by atoms with Gasteiger partial charge in [-0.15, -0.1) is 0 Å². The number of hydrogen-bond acceptors (Lipinski definition) is 5. The number of ether oxygens (including phenoxy) is 2. The van der Waals surface area contributed by atoms with E-state index in [1.165, 1.54) is 16.7 Å². The molecule has 0 radical (unpaired) electrons. The first-order chi connectivity index (χ1) is 14.1. The summed E-state index contributed by atoms with van der Waals surface area (Å²) in [6.45, 7) is 5.42. The van der Waals surface area contributed by atoms with Gasteiger partial charge in [0, 0.05) is 44.1 Å². The van der Waals surface area contributed by atoms with Crippen LogP contribution in [-0.2, 0) is 24.8 Å². The highest BCUT2D eigenvalue weighted by molar-refractivity contribution is 5.33. The Labute approximate surface area is 172 Å². The van der Waals surface area contributed by atoms with E-state index in [0.717, 1.165) is 43.2 Å². The quantitative estimate of drug-likeness (QED) is 0.644. The standard InChI is InChI=1S/C23H28N4O2/c1-17-10-19(11-18-4-6-21(28-3)7-5-18)12-22(25-17)23-16-27(8-9-29-23)15-20-13-24-26(2)14-20/h4-7,10,12-14,23H,8-9,11,15-16H2,1-3H3/t23-/m1/s1. The Morgan fingerprint density at radius 1 is 1.14 bits per heavy atom. The summed E-state index contributed by atoms with van der Waals surface area (Å²) >= 11 is 0. The van der Waals surface area contributed by atoms with Crippen molar-refractivity contribution in [3.63, 3.8) is 0 Å². The van der Waals surface area contributed by atoms with Crippen LogP contribution < -0.4 is 4.74 Å². The van der Waals surface area contributed by atoms with Gasteiger partial charge < -0.3 is 9.47 Å². The lowest BCUT2D eigenvalue weighted by molar-refractivity contribution is -0.0350. The second-order valence-corrected chi connectivity index (χ2v) is 7.68. The van der Waals surface area contributed by atoms with Crippen molar-refractivity contribution in [2.24, 2.45) is 7.05 Å². The van der Waals surface area contributed by atoms with Crippen molar-refractivity contribution in [1.82, 2.24) is 19.7 Å². The summed E-state index contributed by atoms with van der Waals surface area (Å²) in [4.78, 5) is 7.20. The number of hydrogen-bond donors (Lipinski definition) is 0. The molecule has 29 heavy (non-hydrogen) atoms. The maximum Gasteiger partial charge on any atom is 0.118 e. The van der Waals surface area contributed by atoms with E-state index in [1.54, 1.807) is 7.11 Å². The van der Waals surface area contributed by atoms with Gasteiger partial charge in [-0.25, -0.2) is 0 Å². The zero-order valence-corrected chi connectivity index (χ0v) is 17.3. The number of morpholine rings is 1. The van der Waals surface area contributed by atoms with Crippen molar-refractivity contribution >= 4 is 0 Å². The molecule has 0 N–H and O–H groups in total. The highest BCUT2D eigenvalue weighted by atomic mass is 16.5. The van der Waals surface area contributed by atoms with Gasteiger partial charge in [-0.05, 0) is 48.7 Å². The molecule has 2 aromatic heterocycles. The summed E-state index contributed by atoms with van der Waals surface area (Å²) in [6.07, 6.45) is 4.87. The van der Waals surface area contributed by atoms with Gasteiger partial charge in [0.15, 0.2) is 0 Å². The van der Waals surface area contributed by atoms with Crippen molar-refractivity contribution in [2.45, 2.75) is 26.0 Å². The summed E-state index contributed by atoms with van der Waals surface area (Å²) < 4.78 is 13.2. The molecule has 0 saturated carbocycles. The minimum Gasteiger partial charge on any atom is -0.497 e. The van der Waals surface area contributed by atoms with Gasteiger partial charge in [0.1, 0.15) is 11.9 Å². The van der Waals surface area contributed by atoms with Gasteiger partial charge in [0.2, 0.25) is 0 Å². The van der Waals surface area contributed by atoms with Crippen LogP contribution in [0.5, 0.6) is 5.75 Å². The Balaban J connectivity index is 1.47. The third-order valence-electron chi connectivity index (χ3n) is 5.25. The number of aryl methyl sites for hydroxylation is 2. The van der Waals surface area contributed by atoms with E-state index in [2.05, 4.69) is 47.4 Å². The van der Waals surface area contributed by atoms with Crippen LogP contribution in [0.4, 0.5) is 0 Å². The summed E-state index contributed by atoms with van der Waals surface area (Å²) in [5.41, 5.74) is 5.78. The molecule has 1 aliphatic rings. The fourth-order valence-corrected chi connectivity index (χ4v) is 3.85. The van der Waals surface area contributed by atoms with Crippen LogP contribution in [0.15, 0.2) is 48.8 Å². The van der Waals surface area contributed by atoms with E-state index < -0.39 is 0 Å². The number of methoxy groups -OCH3 is 1. The van der Waals surface area contributed by atoms with Crippen molar-refractivity contribution in [3.05, 3.63) is 76.9 Å². The Kier molecular flexibility index (Phi) is 5.92. The smallest absolute Gasteiger partial charge is 0.118 e. The Bertz CT molecular complexity index is 952. The first-order valence-corrected chi connectivity index (χ1v) is 10.0. The van der Waals surface area contributed by atoms with Gasteiger partial charge in [-0.3, -0.25) is 14.6 Å². The molecule has 0 spiro atoms. The summed E-state index contributed by atoms with van der Waals surface area (Å²) in [6, 6.07) is 12.6. The molecule has 1 saturated heterocycles.